The second-order valence-corrected chi connectivity index (χ2v) is 7.02. The Hall–Kier alpha value is -2.25. The van der Waals surface area contributed by atoms with Gasteiger partial charge in [0, 0.05) is 12.6 Å². The van der Waals surface area contributed by atoms with Crippen LogP contribution in [0.2, 0.25) is 0 Å². The average Bonchev–Trinajstić information content (AvgIpc) is 2.58. The zero-order valence-corrected chi connectivity index (χ0v) is 14.8. The summed E-state index contributed by atoms with van der Waals surface area (Å²) in [5.41, 5.74) is 1.80. The lowest BCUT2D eigenvalue weighted by molar-refractivity contribution is 0.355. The first-order valence-electron chi connectivity index (χ1n) is 7.44. The van der Waals surface area contributed by atoms with Crippen molar-refractivity contribution in [1.82, 2.24) is 4.83 Å². The van der Waals surface area contributed by atoms with Gasteiger partial charge in [0.2, 0.25) is 10.0 Å². The smallest absolute Gasteiger partial charge is 0.225 e. The van der Waals surface area contributed by atoms with Crippen LogP contribution in [0.25, 0.3) is 0 Å². The van der Waals surface area contributed by atoms with Gasteiger partial charge in [-0.15, -0.1) is 4.83 Å². The number of methoxy groups -OCH3 is 2. The topological polar surface area (TPSA) is 67.9 Å². The van der Waals surface area contributed by atoms with E-state index in [1.165, 1.54) is 0 Å². The molecule has 0 aliphatic rings. The fourth-order valence-electron chi connectivity index (χ4n) is 2.31. The molecule has 0 fully saturated rings. The monoisotopic (exact) mass is 350 g/mol. The summed E-state index contributed by atoms with van der Waals surface area (Å²) in [6, 6.07) is 15.1. The molecule has 0 radical (unpaired) electrons. The fourth-order valence-corrected chi connectivity index (χ4v) is 2.90. The fraction of sp³-hybridized carbons (Fsp3) is 0.294. The van der Waals surface area contributed by atoms with Gasteiger partial charge in [0.25, 0.3) is 0 Å². The van der Waals surface area contributed by atoms with Crippen LogP contribution in [0.5, 0.6) is 11.5 Å². The second kappa shape index (κ2) is 8.03. The molecule has 0 aromatic heterocycles. The first-order valence-corrected chi connectivity index (χ1v) is 9.33. The maximum Gasteiger partial charge on any atom is 0.225 e. The van der Waals surface area contributed by atoms with Gasteiger partial charge >= 0.3 is 0 Å². The summed E-state index contributed by atoms with van der Waals surface area (Å²) in [4.78, 5) is 2.54. The molecule has 0 atom stereocenters. The molecular formula is C17H22N2O4S. The predicted molar refractivity (Wildman–Crippen MR) is 95.0 cm³/mol. The summed E-state index contributed by atoms with van der Waals surface area (Å²) in [6.07, 6.45) is 1.82. The summed E-state index contributed by atoms with van der Waals surface area (Å²) < 4.78 is 33.9. The van der Waals surface area contributed by atoms with Gasteiger partial charge in [-0.25, -0.2) is 8.42 Å². The number of ether oxygens (including phenoxy) is 2. The first-order chi connectivity index (χ1) is 11.4. The van der Waals surface area contributed by atoms with Crippen LogP contribution < -0.4 is 19.3 Å². The Morgan fingerprint density at radius 3 is 2.25 bits per heavy atom. The molecule has 2 rings (SSSR count). The molecule has 0 aliphatic heterocycles. The molecule has 0 bridgehead atoms. The first kappa shape index (κ1) is 18.1. The Morgan fingerprint density at radius 2 is 1.67 bits per heavy atom. The number of benzene rings is 2. The summed E-state index contributed by atoms with van der Waals surface area (Å²) >= 11 is 0. The molecule has 0 amide bonds. The summed E-state index contributed by atoms with van der Waals surface area (Å²) in [5, 5.41) is 1.59. The Morgan fingerprint density at radius 1 is 1.00 bits per heavy atom. The normalized spacial score (nSPS) is 11.1. The van der Waals surface area contributed by atoms with Crippen LogP contribution in [0.1, 0.15) is 5.56 Å². The van der Waals surface area contributed by atoms with Crippen molar-refractivity contribution in [2.75, 3.05) is 32.0 Å². The Bertz CT molecular complexity index is 763. The zero-order chi connectivity index (χ0) is 17.6. The van der Waals surface area contributed by atoms with E-state index in [0.717, 1.165) is 11.8 Å². The Labute approximate surface area is 143 Å². The van der Waals surface area contributed by atoms with Crippen LogP contribution in [0, 0.1) is 0 Å². The molecule has 2 aromatic rings. The number of rotatable bonds is 8. The minimum atomic E-state index is -3.41. The van der Waals surface area contributed by atoms with Crippen LogP contribution in [0.15, 0.2) is 48.5 Å². The number of nitrogens with one attached hydrogen (secondary N) is 1. The maximum absolute atomic E-state index is 11.7. The van der Waals surface area contributed by atoms with Gasteiger partial charge in [0.15, 0.2) is 11.5 Å². The van der Waals surface area contributed by atoms with Crippen molar-refractivity contribution in [2.24, 2.45) is 0 Å². The summed E-state index contributed by atoms with van der Waals surface area (Å²) in [6.45, 7) is 0.479. The molecule has 0 saturated heterocycles. The minimum absolute atomic E-state index is 0.479. The molecule has 0 aliphatic carbocycles. The third kappa shape index (κ3) is 5.14. The molecule has 24 heavy (non-hydrogen) atoms. The highest BCUT2D eigenvalue weighted by Gasteiger charge is 2.14. The number of hydrogen-bond donors (Lipinski definition) is 1. The third-order valence-corrected chi connectivity index (χ3v) is 3.97. The highest BCUT2D eigenvalue weighted by molar-refractivity contribution is 7.88. The molecule has 130 valence electrons. The molecule has 0 heterocycles. The average molecular weight is 350 g/mol. The number of hydrazine groups is 1. The van der Waals surface area contributed by atoms with E-state index in [0.29, 0.717) is 30.2 Å². The molecule has 1 N–H and O–H groups in total. The van der Waals surface area contributed by atoms with Gasteiger partial charge in [0.1, 0.15) is 0 Å². The van der Waals surface area contributed by atoms with Gasteiger partial charge in [-0.2, -0.15) is 0 Å². The molecule has 0 unspecified atom stereocenters. The van der Waals surface area contributed by atoms with Crippen LogP contribution in [0.4, 0.5) is 5.69 Å². The number of nitrogens with zero attached hydrogens (tertiary/aromatic N) is 1. The maximum atomic E-state index is 11.7. The predicted octanol–water partition coefficient (Wildman–Crippen LogP) is 2.22. The molecule has 6 nitrogen and oxygen atoms in total. The van der Waals surface area contributed by atoms with Crippen molar-refractivity contribution in [2.45, 2.75) is 6.42 Å². The van der Waals surface area contributed by atoms with Gasteiger partial charge in [-0.3, -0.25) is 5.01 Å². The van der Waals surface area contributed by atoms with Crippen molar-refractivity contribution >= 4 is 15.7 Å². The molecule has 2 aromatic carbocycles. The van der Waals surface area contributed by atoms with E-state index < -0.39 is 10.0 Å². The third-order valence-electron chi connectivity index (χ3n) is 3.42. The Kier molecular flexibility index (Phi) is 6.05. The largest absolute Gasteiger partial charge is 0.493 e. The van der Waals surface area contributed by atoms with E-state index >= 15 is 0 Å². The van der Waals surface area contributed by atoms with Gasteiger partial charge < -0.3 is 9.47 Å². The zero-order valence-electron chi connectivity index (χ0n) is 14.0. The van der Waals surface area contributed by atoms with Crippen LogP contribution in [-0.4, -0.2) is 35.4 Å². The SMILES string of the molecule is COc1ccc(N(CCc2ccccc2)NS(C)(=O)=O)cc1OC. The van der Waals surface area contributed by atoms with Crippen molar-refractivity contribution in [3.63, 3.8) is 0 Å². The quantitative estimate of drug-likeness (QED) is 0.740. The van der Waals surface area contributed by atoms with Gasteiger partial charge in [-0.05, 0) is 24.1 Å². The number of anilines is 1. The number of sulfonamides is 1. The van der Waals surface area contributed by atoms with Crippen molar-refractivity contribution < 1.29 is 17.9 Å². The summed E-state index contributed by atoms with van der Waals surface area (Å²) in [5.74, 6) is 1.12. The number of hydrogen-bond acceptors (Lipinski definition) is 5. The van der Waals surface area contributed by atoms with Crippen molar-refractivity contribution in [3.05, 3.63) is 54.1 Å². The van der Waals surface area contributed by atoms with Crippen LogP contribution in [-0.2, 0) is 16.4 Å². The van der Waals surface area contributed by atoms with E-state index in [1.54, 1.807) is 37.4 Å². The lowest BCUT2D eigenvalue weighted by atomic mass is 10.1. The lowest BCUT2D eigenvalue weighted by Crippen LogP contribution is -2.43. The van der Waals surface area contributed by atoms with E-state index in [2.05, 4.69) is 4.83 Å². The van der Waals surface area contributed by atoms with Crippen LogP contribution >= 0.6 is 0 Å². The Balaban J connectivity index is 2.25. The van der Waals surface area contributed by atoms with Gasteiger partial charge in [-0.1, -0.05) is 30.3 Å². The van der Waals surface area contributed by atoms with Crippen LogP contribution in [0.3, 0.4) is 0 Å². The standard InChI is InChI=1S/C17H22N2O4S/c1-22-16-10-9-15(13-17(16)23-2)19(18-24(3,20)21)12-11-14-7-5-4-6-8-14/h4-10,13,18H,11-12H2,1-3H3. The minimum Gasteiger partial charge on any atom is -0.493 e. The van der Waals surface area contributed by atoms with Gasteiger partial charge in [0.05, 0.1) is 26.2 Å². The molecular weight excluding hydrogens is 328 g/mol. The van der Waals surface area contributed by atoms with Crippen molar-refractivity contribution in [3.8, 4) is 11.5 Å². The summed E-state index contributed by atoms with van der Waals surface area (Å²) in [7, 11) is -0.311. The van der Waals surface area contributed by atoms with E-state index in [1.807, 2.05) is 30.3 Å². The van der Waals surface area contributed by atoms with E-state index in [-0.39, 0.29) is 0 Å². The highest BCUT2D eigenvalue weighted by atomic mass is 32.2. The molecule has 0 spiro atoms. The molecule has 7 heteroatoms. The van der Waals surface area contributed by atoms with E-state index in [9.17, 15) is 8.42 Å². The lowest BCUT2D eigenvalue weighted by Gasteiger charge is -2.25. The van der Waals surface area contributed by atoms with Crippen molar-refractivity contribution in [1.29, 1.82) is 0 Å². The highest BCUT2D eigenvalue weighted by Crippen LogP contribution is 2.31. The van der Waals surface area contributed by atoms with E-state index in [4.69, 9.17) is 9.47 Å². The second-order valence-electron chi connectivity index (χ2n) is 5.29. The molecule has 0 saturated carbocycles.